The van der Waals surface area contributed by atoms with E-state index in [1.807, 2.05) is 133 Å². The average molecular weight is 617 g/mol. The molecule has 0 aliphatic heterocycles. The molecule has 2 atom stereocenters. The maximum atomic E-state index is 15.4. The quantitative estimate of drug-likeness (QED) is 0.175. The molecule has 0 bridgehead atoms. The lowest BCUT2D eigenvalue weighted by atomic mass is 9.78. The Kier molecular flexibility index (Phi) is 7.68. The van der Waals surface area contributed by atoms with Gasteiger partial charge in [0.2, 0.25) is 0 Å². The van der Waals surface area contributed by atoms with Crippen molar-refractivity contribution in [2.24, 2.45) is 0 Å². The number of ketones is 2. The zero-order chi connectivity index (χ0) is 32.5. The van der Waals surface area contributed by atoms with Gasteiger partial charge in [-0.15, -0.1) is 0 Å². The summed E-state index contributed by atoms with van der Waals surface area (Å²) in [6.07, 6.45) is 0. The summed E-state index contributed by atoms with van der Waals surface area (Å²) in [6.45, 7) is 0. The molecule has 2 aliphatic rings. The third-order valence-corrected chi connectivity index (χ3v) is 9.49. The largest absolute Gasteiger partial charge is 0.289 e. The average Bonchev–Trinajstić information content (AvgIpc) is 3.64. The molecule has 0 aromatic heterocycles. The van der Waals surface area contributed by atoms with Crippen molar-refractivity contribution in [3.05, 3.63) is 227 Å². The summed E-state index contributed by atoms with van der Waals surface area (Å²) >= 11 is 0. The van der Waals surface area contributed by atoms with Gasteiger partial charge in [-0.05, 0) is 44.5 Å². The van der Waals surface area contributed by atoms with E-state index in [2.05, 4.69) is 48.5 Å². The molecule has 6 aromatic rings. The zero-order valence-corrected chi connectivity index (χ0v) is 26.3. The van der Waals surface area contributed by atoms with Crippen LogP contribution in [0.1, 0.15) is 45.2 Å². The van der Waals surface area contributed by atoms with Gasteiger partial charge in [-0.1, -0.05) is 182 Å². The number of carbonyl (C=O) groups excluding carboxylic acids is 2. The van der Waals surface area contributed by atoms with Gasteiger partial charge in [0.1, 0.15) is 0 Å². The summed E-state index contributed by atoms with van der Waals surface area (Å²) in [7, 11) is 0. The smallest absolute Gasteiger partial charge is 0.191 e. The minimum Gasteiger partial charge on any atom is -0.289 e. The second-order valence-corrected chi connectivity index (χ2v) is 12.2. The molecule has 8 rings (SSSR count). The van der Waals surface area contributed by atoms with Crippen LogP contribution in [0.2, 0.25) is 0 Å². The van der Waals surface area contributed by atoms with Crippen LogP contribution in [0.3, 0.4) is 0 Å². The van der Waals surface area contributed by atoms with Gasteiger partial charge >= 0.3 is 0 Å². The monoisotopic (exact) mass is 616 g/mol. The van der Waals surface area contributed by atoms with E-state index in [1.54, 1.807) is 0 Å². The van der Waals surface area contributed by atoms with Crippen molar-refractivity contribution in [3.8, 4) is 0 Å². The van der Waals surface area contributed by atoms with Crippen LogP contribution in [0.25, 0.3) is 22.3 Å². The molecule has 2 heteroatoms. The molecule has 0 spiro atoms. The summed E-state index contributed by atoms with van der Waals surface area (Å²) in [5, 5.41) is 0. The first-order valence-electron chi connectivity index (χ1n) is 16.4. The molecule has 0 saturated heterocycles. The van der Waals surface area contributed by atoms with Gasteiger partial charge in [0.05, 0.1) is 0 Å². The maximum Gasteiger partial charge on any atom is 0.191 e. The van der Waals surface area contributed by atoms with E-state index in [9.17, 15) is 0 Å². The predicted molar refractivity (Wildman–Crippen MR) is 195 cm³/mol. The first-order valence-corrected chi connectivity index (χ1v) is 16.4. The van der Waals surface area contributed by atoms with Crippen LogP contribution in [0.15, 0.2) is 193 Å². The number of hydrogen-bond acceptors (Lipinski definition) is 2. The van der Waals surface area contributed by atoms with Crippen LogP contribution in [0.4, 0.5) is 0 Å². The van der Waals surface area contributed by atoms with E-state index in [0.717, 1.165) is 44.5 Å². The second-order valence-electron chi connectivity index (χ2n) is 12.2. The Morgan fingerprint density at radius 1 is 0.271 bits per heavy atom. The number of hydrogen-bond donors (Lipinski definition) is 0. The van der Waals surface area contributed by atoms with Crippen LogP contribution in [-0.4, -0.2) is 11.6 Å². The summed E-state index contributed by atoms with van der Waals surface area (Å²) in [5.74, 6) is -1.10. The fourth-order valence-electron chi connectivity index (χ4n) is 7.51. The van der Waals surface area contributed by atoms with Crippen molar-refractivity contribution >= 4 is 33.9 Å². The summed E-state index contributed by atoms with van der Waals surface area (Å²) < 4.78 is 0. The van der Waals surface area contributed by atoms with E-state index in [0.29, 0.717) is 22.3 Å². The SMILES string of the molecule is O=C1C(c2ccccc2)=C(c2ccccc2)C(c2ccccc2)/C1=C1\C(=O)C(c2ccccc2)=C(c2ccccc2)C1c1ccccc1. The number of allylic oxidation sites excluding steroid dienone is 6. The molecule has 0 N–H and O–H groups in total. The van der Waals surface area contributed by atoms with Crippen molar-refractivity contribution in [2.45, 2.75) is 11.8 Å². The standard InChI is InChI=1S/C46H32O2/c47-45-41(35-27-15-5-16-28-35)37(31-19-7-1-8-20-31)39(33-23-11-3-12-24-33)43(45)44-40(34-25-13-4-14-26-34)38(32-21-9-2-10-22-32)42(46(44)48)36-29-17-6-18-30-36/h1-30,39-40H/b44-43+. The molecule has 0 radical (unpaired) electrons. The van der Waals surface area contributed by atoms with Gasteiger partial charge in [0.25, 0.3) is 0 Å². The van der Waals surface area contributed by atoms with Crippen molar-refractivity contribution in [2.75, 3.05) is 0 Å². The lowest BCUT2D eigenvalue weighted by Crippen LogP contribution is -2.16. The van der Waals surface area contributed by atoms with Gasteiger partial charge in [0, 0.05) is 34.1 Å². The van der Waals surface area contributed by atoms with Crippen LogP contribution in [0, 0.1) is 0 Å². The van der Waals surface area contributed by atoms with Crippen LogP contribution < -0.4 is 0 Å². The highest BCUT2D eigenvalue weighted by atomic mass is 16.1. The second kappa shape index (κ2) is 12.6. The minimum atomic E-state index is -0.450. The van der Waals surface area contributed by atoms with Gasteiger partial charge in [0.15, 0.2) is 11.6 Å². The van der Waals surface area contributed by atoms with E-state index < -0.39 is 11.8 Å². The number of rotatable bonds is 6. The Hall–Kier alpha value is -6.12. The lowest BCUT2D eigenvalue weighted by Gasteiger charge is -2.23. The number of benzene rings is 6. The zero-order valence-electron chi connectivity index (χ0n) is 26.3. The van der Waals surface area contributed by atoms with Crippen molar-refractivity contribution in [1.82, 2.24) is 0 Å². The first-order chi connectivity index (χ1) is 23.7. The lowest BCUT2D eigenvalue weighted by molar-refractivity contribution is -0.112. The topological polar surface area (TPSA) is 34.1 Å². The Labute approximate surface area is 281 Å². The van der Waals surface area contributed by atoms with E-state index in [-0.39, 0.29) is 11.6 Å². The molecular formula is C46H32O2. The van der Waals surface area contributed by atoms with Gasteiger partial charge in [-0.25, -0.2) is 0 Å². The van der Waals surface area contributed by atoms with Crippen LogP contribution in [-0.2, 0) is 9.59 Å². The molecule has 48 heavy (non-hydrogen) atoms. The molecular weight excluding hydrogens is 585 g/mol. The van der Waals surface area contributed by atoms with Crippen LogP contribution >= 0.6 is 0 Å². The molecule has 0 fully saturated rings. The third-order valence-electron chi connectivity index (χ3n) is 9.49. The van der Waals surface area contributed by atoms with Gasteiger partial charge in [-0.3, -0.25) is 9.59 Å². The predicted octanol–water partition coefficient (Wildman–Crippen LogP) is 10.2. The Bertz CT molecular complexity index is 2050. The fraction of sp³-hybridized carbons (Fsp3) is 0.0435. The normalized spacial score (nSPS) is 19.3. The molecule has 0 saturated carbocycles. The fourth-order valence-corrected chi connectivity index (χ4v) is 7.51. The highest BCUT2D eigenvalue weighted by molar-refractivity contribution is 6.46. The maximum absolute atomic E-state index is 15.4. The number of Topliss-reactive ketones (excluding diaryl/α,β-unsaturated/α-hetero) is 2. The first kappa shape index (κ1) is 29.3. The Morgan fingerprint density at radius 3 is 0.812 bits per heavy atom. The van der Waals surface area contributed by atoms with Gasteiger partial charge < -0.3 is 0 Å². The molecule has 228 valence electrons. The van der Waals surface area contributed by atoms with Crippen molar-refractivity contribution < 1.29 is 9.59 Å². The Morgan fingerprint density at radius 2 is 0.521 bits per heavy atom. The molecule has 6 aromatic carbocycles. The third kappa shape index (κ3) is 4.99. The Balaban J connectivity index is 1.50. The summed E-state index contributed by atoms with van der Waals surface area (Å²) in [5.41, 5.74) is 9.83. The van der Waals surface area contributed by atoms with Crippen LogP contribution in [0.5, 0.6) is 0 Å². The molecule has 2 unspecified atom stereocenters. The van der Waals surface area contributed by atoms with Crippen molar-refractivity contribution in [3.63, 3.8) is 0 Å². The molecule has 2 aliphatic carbocycles. The molecule has 0 heterocycles. The van der Waals surface area contributed by atoms with Crippen molar-refractivity contribution in [1.29, 1.82) is 0 Å². The van der Waals surface area contributed by atoms with E-state index in [4.69, 9.17) is 0 Å². The number of carbonyl (C=O) groups is 2. The van der Waals surface area contributed by atoms with E-state index >= 15 is 9.59 Å². The summed E-state index contributed by atoms with van der Waals surface area (Å²) in [4.78, 5) is 30.8. The molecule has 0 amide bonds. The van der Waals surface area contributed by atoms with Gasteiger partial charge in [-0.2, -0.15) is 0 Å². The minimum absolute atomic E-state index is 0.0973. The highest BCUT2D eigenvalue weighted by Crippen LogP contribution is 2.57. The van der Waals surface area contributed by atoms with E-state index in [1.165, 1.54) is 0 Å². The summed E-state index contributed by atoms with van der Waals surface area (Å²) in [6, 6.07) is 60.5. The highest BCUT2D eigenvalue weighted by Gasteiger charge is 2.48. The molecule has 2 nitrogen and oxygen atoms in total.